The van der Waals surface area contributed by atoms with Gasteiger partial charge in [-0.25, -0.2) is 4.79 Å². The van der Waals surface area contributed by atoms with Crippen LogP contribution in [0.15, 0.2) is 9.98 Å². The SMILES string of the molecule is CCC(C)C(NC(=O)C(CCCN=C(N)N)NC(=O)C(N)CCCN=C(N)N)C(=O)NC(CCC(N)=O)C(=O)O. The second-order valence-electron chi connectivity index (χ2n) is 9.34. The molecule has 228 valence electrons. The summed E-state index contributed by atoms with van der Waals surface area (Å²) < 4.78 is 0. The van der Waals surface area contributed by atoms with Crippen LogP contribution in [0.4, 0.5) is 0 Å². The fourth-order valence-corrected chi connectivity index (χ4v) is 3.46. The van der Waals surface area contributed by atoms with Gasteiger partial charge in [0.2, 0.25) is 23.6 Å². The molecule has 0 rings (SSSR count). The Hall–Kier alpha value is -4.15. The van der Waals surface area contributed by atoms with Crippen LogP contribution in [-0.4, -0.2) is 83.9 Å². The normalized spacial score (nSPS) is 14.4. The van der Waals surface area contributed by atoms with Crippen LogP contribution in [-0.2, 0) is 24.0 Å². The summed E-state index contributed by atoms with van der Waals surface area (Å²) in [5.74, 6) is -4.76. The number of amides is 4. The van der Waals surface area contributed by atoms with Crippen LogP contribution in [0.25, 0.3) is 0 Å². The number of hydrogen-bond acceptors (Lipinski definition) is 8. The van der Waals surface area contributed by atoms with Gasteiger partial charge in [-0.1, -0.05) is 20.3 Å². The molecule has 0 aliphatic heterocycles. The molecule has 0 fully saturated rings. The van der Waals surface area contributed by atoms with Crippen molar-refractivity contribution >= 4 is 41.5 Å². The third kappa shape index (κ3) is 15.3. The number of nitrogens with zero attached hydrogens (tertiary/aromatic N) is 2. The highest BCUT2D eigenvalue weighted by Gasteiger charge is 2.32. The van der Waals surface area contributed by atoms with Gasteiger partial charge < -0.3 is 55.5 Å². The molecular weight excluding hydrogens is 526 g/mol. The molecule has 0 radical (unpaired) electrons. The predicted octanol–water partition coefficient (Wildman–Crippen LogP) is -3.73. The Morgan fingerprint density at radius 1 is 0.750 bits per heavy atom. The maximum Gasteiger partial charge on any atom is 0.326 e. The molecule has 0 aliphatic rings. The Labute approximate surface area is 233 Å². The summed E-state index contributed by atoms with van der Waals surface area (Å²) in [5.41, 5.74) is 32.3. The highest BCUT2D eigenvalue weighted by atomic mass is 16.4. The van der Waals surface area contributed by atoms with Crippen molar-refractivity contribution in [2.24, 2.45) is 50.3 Å². The standard InChI is InChI=1S/C23H45N11O6/c1-3-12(2)17(20(38)33-15(21(39)40)8-9-16(25)35)34-19(37)14(7-5-11-31-23(28)29)32-18(36)13(24)6-4-10-30-22(26)27/h12-15,17H,3-11,24H2,1-2H3,(H2,25,35)(H,32,36)(H,33,38)(H,34,37)(H,39,40)(H4,26,27,30)(H4,28,29,31). The molecule has 4 amide bonds. The van der Waals surface area contributed by atoms with Gasteiger partial charge in [-0.2, -0.15) is 0 Å². The lowest BCUT2D eigenvalue weighted by atomic mass is 9.96. The van der Waals surface area contributed by atoms with E-state index in [-0.39, 0.29) is 50.7 Å². The summed E-state index contributed by atoms with van der Waals surface area (Å²) >= 11 is 0. The average Bonchev–Trinajstić information content (AvgIpc) is 2.87. The van der Waals surface area contributed by atoms with Gasteiger partial charge in [0.15, 0.2) is 11.9 Å². The molecule has 0 aromatic rings. The van der Waals surface area contributed by atoms with E-state index in [0.29, 0.717) is 19.3 Å². The van der Waals surface area contributed by atoms with Crippen LogP contribution in [0.2, 0.25) is 0 Å². The first-order chi connectivity index (χ1) is 18.7. The first kappa shape index (κ1) is 35.9. The molecule has 0 saturated heterocycles. The molecule has 0 aromatic carbocycles. The van der Waals surface area contributed by atoms with E-state index in [1.807, 2.05) is 0 Å². The monoisotopic (exact) mass is 571 g/mol. The largest absolute Gasteiger partial charge is 0.480 e. The number of carboxylic acids is 1. The summed E-state index contributed by atoms with van der Waals surface area (Å²) in [6.45, 7) is 3.94. The number of nitrogens with one attached hydrogen (secondary N) is 3. The Morgan fingerprint density at radius 3 is 1.75 bits per heavy atom. The van der Waals surface area contributed by atoms with E-state index in [2.05, 4.69) is 25.9 Å². The van der Waals surface area contributed by atoms with E-state index in [0.717, 1.165) is 0 Å². The number of aliphatic carboxylic acids is 1. The average molecular weight is 572 g/mol. The molecule has 5 unspecified atom stereocenters. The number of hydrogen-bond donors (Lipinski definition) is 10. The topological polar surface area (TPSA) is 323 Å². The second kappa shape index (κ2) is 19.0. The van der Waals surface area contributed by atoms with E-state index in [9.17, 15) is 29.1 Å². The molecule has 0 spiro atoms. The number of rotatable bonds is 20. The van der Waals surface area contributed by atoms with Gasteiger partial charge >= 0.3 is 5.97 Å². The highest BCUT2D eigenvalue weighted by molar-refractivity contribution is 5.94. The lowest BCUT2D eigenvalue weighted by molar-refractivity contribution is -0.143. The molecule has 0 aliphatic carbocycles. The second-order valence-corrected chi connectivity index (χ2v) is 9.34. The predicted molar refractivity (Wildman–Crippen MR) is 149 cm³/mol. The first-order valence-electron chi connectivity index (χ1n) is 13.0. The van der Waals surface area contributed by atoms with Crippen molar-refractivity contribution in [3.05, 3.63) is 0 Å². The van der Waals surface area contributed by atoms with Crippen molar-refractivity contribution in [2.45, 2.75) is 83.0 Å². The van der Waals surface area contributed by atoms with Gasteiger partial charge in [0.25, 0.3) is 0 Å². The van der Waals surface area contributed by atoms with E-state index >= 15 is 0 Å². The van der Waals surface area contributed by atoms with Crippen LogP contribution >= 0.6 is 0 Å². The zero-order chi connectivity index (χ0) is 30.8. The molecule has 5 atom stereocenters. The van der Waals surface area contributed by atoms with Crippen LogP contribution in [0.1, 0.15) is 58.8 Å². The van der Waals surface area contributed by atoms with Crippen LogP contribution in [0.5, 0.6) is 0 Å². The van der Waals surface area contributed by atoms with Crippen molar-refractivity contribution in [3.63, 3.8) is 0 Å². The third-order valence-corrected chi connectivity index (χ3v) is 5.97. The van der Waals surface area contributed by atoms with Crippen LogP contribution < -0.4 is 50.4 Å². The molecule has 17 heteroatoms. The summed E-state index contributed by atoms with van der Waals surface area (Å²) in [7, 11) is 0. The van der Waals surface area contributed by atoms with Crippen LogP contribution in [0, 0.1) is 5.92 Å². The minimum Gasteiger partial charge on any atom is -0.480 e. The number of nitrogens with two attached hydrogens (primary N) is 6. The maximum atomic E-state index is 13.3. The molecule has 0 saturated carbocycles. The van der Waals surface area contributed by atoms with Crippen molar-refractivity contribution in [1.29, 1.82) is 0 Å². The number of carbonyl (C=O) groups excluding carboxylic acids is 4. The van der Waals surface area contributed by atoms with Gasteiger partial charge in [0.1, 0.15) is 18.1 Å². The van der Waals surface area contributed by atoms with Gasteiger partial charge in [0.05, 0.1) is 6.04 Å². The minimum atomic E-state index is -1.39. The van der Waals surface area contributed by atoms with Crippen molar-refractivity contribution < 1.29 is 29.1 Å². The highest BCUT2D eigenvalue weighted by Crippen LogP contribution is 2.11. The smallest absolute Gasteiger partial charge is 0.326 e. The number of carboxylic acid groups (broad SMARTS) is 1. The van der Waals surface area contributed by atoms with Crippen molar-refractivity contribution in [2.75, 3.05) is 13.1 Å². The molecule has 0 bridgehead atoms. The van der Waals surface area contributed by atoms with Gasteiger partial charge in [0, 0.05) is 19.5 Å². The quantitative estimate of drug-likeness (QED) is 0.0384. The van der Waals surface area contributed by atoms with Gasteiger partial charge in [-0.15, -0.1) is 0 Å². The summed E-state index contributed by atoms with van der Waals surface area (Å²) in [5, 5.41) is 17.0. The fourth-order valence-electron chi connectivity index (χ4n) is 3.46. The molecule has 0 heterocycles. The molecule has 17 nitrogen and oxygen atoms in total. The summed E-state index contributed by atoms with van der Waals surface area (Å²) in [4.78, 5) is 69.4. The van der Waals surface area contributed by atoms with E-state index in [1.165, 1.54) is 0 Å². The molecule has 0 aromatic heterocycles. The van der Waals surface area contributed by atoms with Gasteiger partial charge in [-0.3, -0.25) is 29.2 Å². The fraction of sp³-hybridized carbons (Fsp3) is 0.696. The zero-order valence-electron chi connectivity index (χ0n) is 23.1. The first-order valence-corrected chi connectivity index (χ1v) is 13.0. The van der Waals surface area contributed by atoms with Crippen molar-refractivity contribution in [1.82, 2.24) is 16.0 Å². The minimum absolute atomic E-state index is 0.0852. The van der Waals surface area contributed by atoms with Gasteiger partial charge in [-0.05, 0) is 38.0 Å². The number of aliphatic imine (C=N–C) groups is 2. The summed E-state index contributed by atoms with van der Waals surface area (Å²) in [6, 6.07) is -4.60. The summed E-state index contributed by atoms with van der Waals surface area (Å²) in [6.07, 6.45) is 1.06. The molecular formula is C23H45N11O6. The Kier molecular flexibility index (Phi) is 17.0. The van der Waals surface area contributed by atoms with Crippen molar-refractivity contribution in [3.8, 4) is 0 Å². The van der Waals surface area contributed by atoms with Crippen LogP contribution in [0.3, 0.4) is 0 Å². The van der Waals surface area contributed by atoms with E-state index in [4.69, 9.17) is 34.4 Å². The number of carbonyl (C=O) groups is 5. The molecule has 40 heavy (non-hydrogen) atoms. The van der Waals surface area contributed by atoms with E-state index < -0.39 is 59.7 Å². The third-order valence-electron chi connectivity index (χ3n) is 5.97. The Bertz CT molecular complexity index is 919. The number of primary amides is 1. The lowest BCUT2D eigenvalue weighted by Gasteiger charge is -2.28. The Morgan fingerprint density at radius 2 is 1.27 bits per heavy atom. The lowest BCUT2D eigenvalue weighted by Crippen LogP contribution is -2.58. The zero-order valence-corrected chi connectivity index (χ0v) is 23.1. The number of guanidine groups is 2. The Balaban J connectivity index is 5.64. The maximum absolute atomic E-state index is 13.3. The van der Waals surface area contributed by atoms with E-state index in [1.54, 1.807) is 13.8 Å². The molecule has 16 N–H and O–H groups in total.